The normalized spacial score (nSPS) is 11.7. The zero-order chi connectivity index (χ0) is 31.8. The van der Waals surface area contributed by atoms with Crippen molar-refractivity contribution < 1.29 is 0 Å². The fourth-order valence-corrected chi connectivity index (χ4v) is 15.7. The SMILES string of the molecule is c1ccc([P+](CCc2ccccc2C[P+](c2ccccc2)(c2ccccc2)c2ccccc2)(c2ccccc2)c2ccccc2)cc1. The number of benzene rings is 7. The van der Waals surface area contributed by atoms with Crippen molar-refractivity contribution in [2.24, 2.45) is 0 Å². The molecule has 0 unspecified atom stereocenters. The van der Waals surface area contributed by atoms with Crippen LogP contribution in [0.1, 0.15) is 11.1 Å². The van der Waals surface area contributed by atoms with Crippen LogP contribution in [0.25, 0.3) is 0 Å². The average Bonchev–Trinajstić information content (AvgIpc) is 3.17. The third-order valence-electron chi connectivity index (χ3n) is 9.42. The fourth-order valence-electron chi connectivity index (χ4n) is 7.15. The van der Waals surface area contributed by atoms with E-state index in [-0.39, 0.29) is 0 Å². The standard InChI is InChI=1S/C45H40P2/c1-7-23-40(24-8-1)46(41-25-9-2-10-26-41,42-27-11-3-12-28-42)36-35-38-21-19-20-22-39(38)37-47(43-29-13-4-14-30-43,44-31-15-5-16-32-44)45-33-17-6-18-34-45/h1-34H,35-37H2/q+2. The average molecular weight is 643 g/mol. The Bertz CT molecular complexity index is 1780. The number of hydrogen-bond acceptors (Lipinski definition) is 0. The summed E-state index contributed by atoms with van der Waals surface area (Å²) >= 11 is 0. The van der Waals surface area contributed by atoms with Gasteiger partial charge in [-0.25, -0.2) is 0 Å². The van der Waals surface area contributed by atoms with Crippen LogP contribution in [0.5, 0.6) is 0 Å². The lowest BCUT2D eigenvalue weighted by atomic mass is 10.1. The third kappa shape index (κ3) is 6.25. The fraction of sp³-hybridized carbons (Fsp3) is 0.0667. The predicted molar refractivity (Wildman–Crippen MR) is 209 cm³/mol. The van der Waals surface area contributed by atoms with E-state index in [1.165, 1.54) is 43.0 Å². The lowest BCUT2D eigenvalue weighted by Crippen LogP contribution is -2.34. The topological polar surface area (TPSA) is 0 Å². The van der Waals surface area contributed by atoms with Gasteiger partial charge in [0, 0.05) is 6.42 Å². The Hall–Kier alpha value is -4.60. The summed E-state index contributed by atoms with van der Waals surface area (Å²) in [5.74, 6) is 0. The molecule has 0 radical (unpaired) electrons. The lowest BCUT2D eigenvalue weighted by molar-refractivity contribution is 1.10. The van der Waals surface area contributed by atoms with Crippen molar-refractivity contribution in [2.75, 3.05) is 6.16 Å². The second kappa shape index (κ2) is 14.4. The van der Waals surface area contributed by atoms with Crippen molar-refractivity contribution in [3.8, 4) is 0 Å². The van der Waals surface area contributed by atoms with E-state index < -0.39 is 14.5 Å². The first-order valence-corrected chi connectivity index (χ1v) is 20.4. The van der Waals surface area contributed by atoms with Crippen LogP contribution in [0.2, 0.25) is 0 Å². The minimum atomic E-state index is -2.03. The molecule has 0 aliphatic carbocycles. The van der Waals surface area contributed by atoms with Gasteiger partial charge in [-0.1, -0.05) is 133 Å². The Kier molecular flexibility index (Phi) is 9.53. The van der Waals surface area contributed by atoms with Crippen LogP contribution in [0.3, 0.4) is 0 Å². The second-order valence-corrected chi connectivity index (χ2v) is 19.1. The van der Waals surface area contributed by atoms with Crippen molar-refractivity contribution in [3.63, 3.8) is 0 Å². The molecular formula is C45H40P2+2. The van der Waals surface area contributed by atoms with Crippen molar-refractivity contribution >= 4 is 46.4 Å². The van der Waals surface area contributed by atoms with Gasteiger partial charge >= 0.3 is 0 Å². The quantitative estimate of drug-likeness (QED) is 0.124. The van der Waals surface area contributed by atoms with Gasteiger partial charge in [-0.2, -0.15) is 0 Å². The smallest absolute Gasteiger partial charge is 0.0620 e. The predicted octanol–water partition coefficient (Wildman–Crippen LogP) is 8.72. The number of hydrogen-bond donors (Lipinski definition) is 0. The van der Waals surface area contributed by atoms with Crippen molar-refractivity contribution in [3.05, 3.63) is 217 Å². The Morgan fingerprint density at radius 2 is 0.511 bits per heavy atom. The highest BCUT2D eigenvalue weighted by Crippen LogP contribution is 2.59. The molecule has 0 saturated heterocycles. The molecule has 2 heteroatoms. The molecule has 228 valence electrons. The molecule has 0 aliphatic rings. The molecule has 7 aromatic rings. The van der Waals surface area contributed by atoms with Gasteiger partial charge < -0.3 is 0 Å². The molecule has 0 atom stereocenters. The summed E-state index contributed by atoms with van der Waals surface area (Å²) in [5.41, 5.74) is 2.90. The molecule has 0 amide bonds. The van der Waals surface area contributed by atoms with Crippen LogP contribution >= 0.6 is 14.5 Å². The van der Waals surface area contributed by atoms with Gasteiger partial charge in [-0.15, -0.1) is 0 Å². The second-order valence-electron chi connectivity index (χ2n) is 12.0. The number of rotatable bonds is 11. The summed E-state index contributed by atoms with van der Waals surface area (Å²) in [6.45, 7) is 0. The largest absolute Gasteiger partial charge is 0.116 e. The summed E-state index contributed by atoms with van der Waals surface area (Å²) in [6, 6.07) is 76.9. The molecule has 47 heavy (non-hydrogen) atoms. The van der Waals surface area contributed by atoms with Gasteiger partial charge in [0.25, 0.3) is 0 Å². The van der Waals surface area contributed by atoms with E-state index in [2.05, 4.69) is 206 Å². The summed E-state index contributed by atoms with van der Waals surface area (Å²) in [6.07, 6.45) is 3.05. The Labute approximate surface area is 281 Å². The van der Waals surface area contributed by atoms with E-state index in [4.69, 9.17) is 0 Å². The van der Waals surface area contributed by atoms with E-state index in [9.17, 15) is 0 Å². The van der Waals surface area contributed by atoms with Crippen LogP contribution < -0.4 is 31.8 Å². The van der Waals surface area contributed by atoms with E-state index in [1.807, 2.05) is 0 Å². The Morgan fingerprint density at radius 1 is 0.255 bits per heavy atom. The van der Waals surface area contributed by atoms with Gasteiger partial charge in [0.2, 0.25) is 0 Å². The molecule has 7 rings (SSSR count). The van der Waals surface area contributed by atoms with Crippen LogP contribution in [-0.2, 0) is 12.6 Å². The maximum absolute atomic E-state index is 2.40. The maximum atomic E-state index is 2.40. The van der Waals surface area contributed by atoms with Gasteiger partial charge in [0.15, 0.2) is 0 Å². The lowest BCUT2D eigenvalue weighted by Gasteiger charge is -2.30. The van der Waals surface area contributed by atoms with E-state index in [0.717, 1.165) is 18.7 Å². The molecule has 0 heterocycles. The molecular weight excluding hydrogens is 602 g/mol. The molecule has 0 spiro atoms. The first-order chi connectivity index (χ1) is 23.3. The highest BCUT2D eigenvalue weighted by molar-refractivity contribution is 7.96. The van der Waals surface area contributed by atoms with Crippen molar-refractivity contribution in [1.29, 1.82) is 0 Å². The van der Waals surface area contributed by atoms with E-state index >= 15 is 0 Å². The van der Waals surface area contributed by atoms with E-state index in [0.29, 0.717) is 0 Å². The molecule has 0 bridgehead atoms. The first kappa shape index (κ1) is 31.0. The number of aryl methyl sites for hydroxylation is 1. The van der Waals surface area contributed by atoms with Crippen LogP contribution in [0, 0.1) is 0 Å². The summed E-state index contributed by atoms with van der Waals surface area (Å²) in [4.78, 5) is 0. The van der Waals surface area contributed by atoms with Crippen molar-refractivity contribution in [2.45, 2.75) is 12.6 Å². The van der Waals surface area contributed by atoms with Gasteiger partial charge in [-0.3, -0.25) is 0 Å². The zero-order valence-electron chi connectivity index (χ0n) is 26.6. The molecule has 7 aromatic carbocycles. The molecule has 0 fully saturated rings. The summed E-state index contributed by atoms with van der Waals surface area (Å²) in [7, 11) is -3.99. The molecule has 0 N–H and O–H groups in total. The third-order valence-corrected chi connectivity index (χ3v) is 18.2. The maximum Gasteiger partial charge on any atom is 0.116 e. The van der Waals surface area contributed by atoms with Gasteiger partial charge in [0.05, 0.1) is 12.3 Å². The monoisotopic (exact) mass is 642 g/mol. The minimum absolute atomic E-state index is 0.981. The van der Waals surface area contributed by atoms with Crippen LogP contribution in [0.15, 0.2) is 206 Å². The molecule has 0 aromatic heterocycles. The zero-order valence-corrected chi connectivity index (χ0v) is 28.4. The Morgan fingerprint density at radius 3 is 0.830 bits per heavy atom. The van der Waals surface area contributed by atoms with Gasteiger partial charge in [0.1, 0.15) is 46.4 Å². The van der Waals surface area contributed by atoms with E-state index in [1.54, 1.807) is 0 Å². The first-order valence-electron chi connectivity index (χ1n) is 16.5. The highest BCUT2D eigenvalue weighted by atomic mass is 31.2. The highest BCUT2D eigenvalue weighted by Gasteiger charge is 2.47. The van der Waals surface area contributed by atoms with Crippen LogP contribution in [-0.4, -0.2) is 6.16 Å². The molecule has 0 aliphatic heterocycles. The Balaban J connectivity index is 1.37. The molecule has 0 nitrogen and oxygen atoms in total. The van der Waals surface area contributed by atoms with Crippen molar-refractivity contribution in [1.82, 2.24) is 0 Å². The minimum Gasteiger partial charge on any atom is -0.0620 e. The summed E-state index contributed by atoms with van der Waals surface area (Å²) < 4.78 is 0. The van der Waals surface area contributed by atoms with Gasteiger partial charge in [-0.05, 0) is 83.9 Å². The molecule has 0 saturated carbocycles. The summed E-state index contributed by atoms with van der Waals surface area (Å²) in [5, 5.41) is 8.59. The van der Waals surface area contributed by atoms with Crippen LogP contribution in [0.4, 0.5) is 0 Å².